The number of hydrogen-bond acceptors (Lipinski definition) is 5. The van der Waals surface area contributed by atoms with E-state index in [-0.39, 0.29) is 5.91 Å². The number of anilines is 1. The molecule has 2 heterocycles. The van der Waals surface area contributed by atoms with Crippen LogP contribution in [0.4, 0.5) is 5.69 Å². The maximum Gasteiger partial charge on any atom is 0.348 e. The summed E-state index contributed by atoms with van der Waals surface area (Å²) in [6.45, 7) is 0. The monoisotopic (exact) mass is 312 g/mol. The molecule has 110 valence electrons. The second-order valence-electron chi connectivity index (χ2n) is 4.49. The summed E-state index contributed by atoms with van der Waals surface area (Å²) in [5, 5.41) is 3.71. The minimum absolute atomic E-state index is 0.267. The van der Waals surface area contributed by atoms with Gasteiger partial charge in [-0.1, -0.05) is 6.07 Å². The van der Waals surface area contributed by atoms with Crippen LogP contribution in [-0.4, -0.2) is 24.0 Å². The molecule has 5 nitrogen and oxygen atoms in total. The minimum atomic E-state index is -0.446. The fourth-order valence-electron chi connectivity index (χ4n) is 2.07. The molecule has 1 N–H and O–H groups in total. The first-order valence-electron chi connectivity index (χ1n) is 6.52. The second kappa shape index (κ2) is 5.95. The van der Waals surface area contributed by atoms with Crippen LogP contribution >= 0.6 is 11.3 Å². The molecule has 0 aliphatic rings. The van der Waals surface area contributed by atoms with Crippen molar-refractivity contribution < 1.29 is 14.3 Å². The molecule has 0 aliphatic carbocycles. The summed E-state index contributed by atoms with van der Waals surface area (Å²) in [4.78, 5) is 28.8. The highest BCUT2D eigenvalue weighted by Crippen LogP contribution is 2.24. The van der Waals surface area contributed by atoms with Gasteiger partial charge in [0.05, 0.1) is 23.2 Å². The van der Waals surface area contributed by atoms with Crippen LogP contribution in [0, 0.1) is 0 Å². The van der Waals surface area contributed by atoms with Crippen molar-refractivity contribution in [2.75, 3.05) is 12.4 Å². The average molecular weight is 312 g/mol. The lowest BCUT2D eigenvalue weighted by Gasteiger charge is -2.07. The molecule has 0 fully saturated rings. The van der Waals surface area contributed by atoms with E-state index in [0.717, 1.165) is 22.2 Å². The molecule has 0 bridgehead atoms. The number of nitrogens with one attached hydrogen (secondary N) is 1. The van der Waals surface area contributed by atoms with Gasteiger partial charge in [-0.3, -0.25) is 9.78 Å². The lowest BCUT2D eigenvalue weighted by molar-refractivity contribution is 0.0606. The van der Waals surface area contributed by atoms with Gasteiger partial charge in [0.2, 0.25) is 0 Å². The first kappa shape index (κ1) is 14.2. The van der Waals surface area contributed by atoms with E-state index in [0.29, 0.717) is 15.4 Å². The minimum Gasteiger partial charge on any atom is -0.465 e. The van der Waals surface area contributed by atoms with Gasteiger partial charge in [-0.15, -0.1) is 11.3 Å². The fourth-order valence-corrected chi connectivity index (χ4v) is 2.89. The summed E-state index contributed by atoms with van der Waals surface area (Å²) in [6.07, 6.45) is 1.70. The molecule has 22 heavy (non-hydrogen) atoms. The average Bonchev–Trinajstić information content (AvgIpc) is 3.04. The third-order valence-electron chi connectivity index (χ3n) is 3.11. The molecule has 1 amide bonds. The van der Waals surface area contributed by atoms with Gasteiger partial charge in [0, 0.05) is 11.6 Å². The molecule has 3 rings (SSSR count). The maximum absolute atomic E-state index is 12.3. The van der Waals surface area contributed by atoms with Crippen LogP contribution in [0.2, 0.25) is 0 Å². The Morgan fingerprint density at radius 1 is 1.09 bits per heavy atom. The molecule has 0 atom stereocenters. The van der Waals surface area contributed by atoms with Gasteiger partial charge in [0.25, 0.3) is 5.91 Å². The third kappa shape index (κ3) is 2.68. The molecule has 0 spiro atoms. The number of fused-ring (bicyclic) bond motifs is 1. The molecule has 3 aromatic rings. The van der Waals surface area contributed by atoms with Crippen molar-refractivity contribution in [1.29, 1.82) is 0 Å². The number of pyridine rings is 1. The van der Waals surface area contributed by atoms with Gasteiger partial charge in [0.1, 0.15) is 4.88 Å². The Labute approximate surface area is 130 Å². The molecule has 2 aromatic heterocycles. The lowest BCUT2D eigenvalue weighted by atomic mass is 10.2. The van der Waals surface area contributed by atoms with Gasteiger partial charge in [-0.2, -0.15) is 0 Å². The van der Waals surface area contributed by atoms with Crippen LogP contribution in [-0.2, 0) is 4.74 Å². The summed E-state index contributed by atoms with van der Waals surface area (Å²) < 4.78 is 4.64. The van der Waals surface area contributed by atoms with E-state index in [1.165, 1.54) is 7.11 Å². The van der Waals surface area contributed by atoms with E-state index in [4.69, 9.17) is 0 Å². The van der Waals surface area contributed by atoms with E-state index < -0.39 is 5.97 Å². The summed E-state index contributed by atoms with van der Waals surface area (Å²) in [5.74, 6) is -0.713. The van der Waals surface area contributed by atoms with E-state index in [1.54, 1.807) is 18.3 Å². The summed E-state index contributed by atoms with van der Waals surface area (Å²) in [6, 6.07) is 12.4. The molecule has 0 unspecified atom stereocenters. The Morgan fingerprint density at radius 2 is 1.91 bits per heavy atom. The number of carbonyl (C=O) groups excluding carboxylic acids is 2. The molecule has 1 aromatic carbocycles. The SMILES string of the molecule is COC(=O)c1ccc(C(=O)Nc2cccc3ncccc23)s1. The predicted octanol–water partition coefficient (Wildman–Crippen LogP) is 3.34. The maximum atomic E-state index is 12.3. The first-order valence-corrected chi connectivity index (χ1v) is 7.34. The van der Waals surface area contributed by atoms with Crippen LogP contribution in [0.1, 0.15) is 19.3 Å². The zero-order chi connectivity index (χ0) is 15.5. The van der Waals surface area contributed by atoms with Gasteiger partial charge < -0.3 is 10.1 Å². The lowest BCUT2D eigenvalue weighted by Crippen LogP contribution is -2.10. The van der Waals surface area contributed by atoms with Crippen LogP contribution in [0.15, 0.2) is 48.7 Å². The number of carbonyl (C=O) groups is 2. The second-order valence-corrected chi connectivity index (χ2v) is 5.57. The Hall–Kier alpha value is -2.73. The number of methoxy groups -OCH3 is 1. The van der Waals surface area contributed by atoms with E-state index in [9.17, 15) is 9.59 Å². The highest BCUT2D eigenvalue weighted by atomic mass is 32.1. The van der Waals surface area contributed by atoms with Crippen molar-refractivity contribution in [2.24, 2.45) is 0 Å². The van der Waals surface area contributed by atoms with Crippen LogP contribution in [0.25, 0.3) is 10.9 Å². The van der Waals surface area contributed by atoms with Crippen LogP contribution < -0.4 is 5.32 Å². The third-order valence-corrected chi connectivity index (χ3v) is 4.17. The Kier molecular flexibility index (Phi) is 3.84. The highest BCUT2D eigenvalue weighted by Gasteiger charge is 2.15. The number of rotatable bonds is 3. The van der Waals surface area contributed by atoms with Gasteiger partial charge in [-0.25, -0.2) is 4.79 Å². The quantitative estimate of drug-likeness (QED) is 0.753. The molecule has 0 saturated carbocycles. The van der Waals surface area contributed by atoms with Crippen molar-refractivity contribution in [3.8, 4) is 0 Å². The van der Waals surface area contributed by atoms with Crippen molar-refractivity contribution in [3.63, 3.8) is 0 Å². The van der Waals surface area contributed by atoms with Crippen LogP contribution in [0.5, 0.6) is 0 Å². The van der Waals surface area contributed by atoms with Crippen molar-refractivity contribution >= 4 is 39.8 Å². The summed E-state index contributed by atoms with van der Waals surface area (Å²) in [5.41, 5.74) is 1.49. The highest BCUT2D eigenvalue weighted by molar-refractivity contribution is 7.16. The van der Waals surface area contributed by atoms with Gasteiger partial charge in [0.15, 0.2) is 0 Å². The van der Waals surface area contributed by atoms with E-state index in [2.05, 4.69) is 15.0 Å². The number of nitrogens with zero attached hydrogens (tertiary/aromatic N) is 1. The Morgan fingerprint density at radius 3 is 2.73 bits per heavy atom. The number of benzene rings is 1. The van der Waals surface area contributed by atoms with E-state index >= 15 is 0 Å². The molecule has 0 radical (unpaired) electrons. The van der Waals surface area contributed by atoms with Crippen molar-refractivity contribution in [2.45, 2.75) is 0 Å². The zero-order valence-electron chi connectivity index (χ0n) is 11.7. The number of esters is 1. The van der Waals surface area contributed by atoms with Crippen molar-refractivity contribution in [3.05, 3.63) is 58.4 Å². The first-order chi connectivity index (χ1) is 10.7. The number of amides is 1. The topological polar surface area (TPSA) is 68.3 Å². The number of thiophene rings is 1. The largest absolute Gasteiger partial charge is 0.465 e. The Balaban J connectivity index is 1.87. The Bertz CT molecular complexity index is 852. The van der Waals surface area contributed by atoms with Gasteiger partial charge in [-0.05, 0) is 36.4 Å². The standard InChI is InChI=1S/C16H12N2O3S/c1-21-16(20)14-8-7-13(22-14)15(19)18-12-6-2-5-11-10(12)4-3-9-17-11/h2-9H,1H3,(H,18,19). The molecule has 6 heteroatoms. The fraction of sp³-hybridized carbons (Fsp3) is 0.0625. The zero-order valence-corrected chi connectivity index (χ0v) is 12.5. The molecule has 0 saturated heterocycles. The smallest absolute Gasteiger partial charge is 0.348 e. The summed E-state index contributed by atoms with van der Waals surface area (Å²) >= 11 is 1.10. The molecular weight excluding hydrogens is 300 g/mol. The number of ether oxygens (including phenoxy) is 1. The molecule has 0 aliphatic heterocycles. The van der Waals surface area contributed by atoms with Crippen LogP contribution in [0.3, 0.4) is 0 Å². The normalized spacial score (nSPS) is 10.4. The summed E-state index contributed by atoms with van der Waals surface area (Å²) in [7, 11) is 1.31. The number of aromatic nitrogens is 1. The van der Waals surface area contributed by atoms with E-state index in [1.807, 2.05) is 30.3 Å². The number of hydrogen-bond donors (Lipinski definition) is 1. The molecular formula is C16H12N2O3S. The van der Waals surface area contributed by atoms with Gasteiger partial charge >= 0.3 is 5.97 Å². The van der Waals surface area contributed by atoms with Crippen molar-refractivity contribution in [1.82, 2.24) is 4.98 Å². The predicted molar refractivity (Wildman–Crippen MR) is 85.4 cm³/mol.